The molecule has 1 fully saturated rings. The van der Waals surface area contributed by atoms with Crippen LogP contribution in [0.15, 0.2) is 53.4 Å². The van der Waals surface area contributed by atoms with E-state index in [2.05, 4.69) is 35.9 Å². The fraction of sp³-hybridized carbons (Fsp3) is 0.300. The van der Waals surface area contributed by atoms with Crippen LogP contribution in [0.1, 0.15) is 11.3 Å². The molecule has 9 heteroatoms. The van der Waals surface area contributed by atoms with Crippen molar-refractivity contribution in [2.24, 2.45) is 0 Å². The largest absolute Gasteiger partial charge is 0.461 e. The van der Waals surface area contributed by atoms with Gasteiger partial charge in [-0.15, -0.1) is 5.10 Å². The molecule has 1 saturated heterocycles. The summed E-state index contributed by atoms with van der Waals surface area (Å²) < 4.78 is 7.01. The average Bonchev–Trinajstić information content (AvgIpc) is 3.43. The summed E-state index contributed by atoms with van der Waals surface area (Å²) in [5, 5.41) is 4.46. The molecule has 0 unspecified atom stereocenters. The van der Waals surface area contributed by atoms with Gasteiger partial charge >= 0.3 is 0 Å². The van der Waals surface area contributed by atoms with E-state index in [0.717, 1.165) is 56.2 Å². The maximum atomic E-state index is 6.01. The van der Waals surface area contributed by atoms with E-state index < -0.39 is 0 Å². The Morgan fingerprint density at radius 3 is 2.52 bits per heavy atom. The van der Waals surface area contributed by atoms with Crippen LogP contribution in [0.25, 0.3) is 17.2 Å². The van der Waals surface area contributed by atoms with Crippen molar-refractivity contribution in [1.82, 2.24) is 34.4 Å². The van der Waals surface area contributed by atoms with Gasteiger partial charge in [-0.2, -0.15) is 4.52 Å². The highest BCUT2D eigenvalue weighted by Gasteiger charge is 2.20. The van der Waals surface area contributed by atoms with E-state index in [1.54, 1.807) is 17.0 Å². The van der Waals surface area contributed by atoms with Crippen molar-refractivity contribution in [3.05, 3.63) is 60.2 Å². The molecule has 0 spiro atoms. The lowest BCUT2D eigenvalue weighted by Gasteiger charge is -2.34. The molecule has 1 aliphatic heterocycles. The van der Waals surface area contributed by atoms with Crippen molar-refractivity contribution in [2.45, 2.75) is 13.1 Å². The van der Waals surface area contributed by atoms with E-state index in [-0.39, 0.29) is 0 Å². The van der Waals surface area contributed by atoms with E-state index >= 15 is 0 Å². The molecule has 4 aromatic heterocycles. The van der Waals surface area contributed by atoms with E-state index in [4.69, 9.17) is 10.2 Å². The molecule has 1 aliphatic rings. The molecule has 0 radical (unpaired) electrons. The third-order valence-corrected chi connectivity index (χ3v) is 5.18. The second-order valence-corrected chi connectivity index (χ2v) is 7.16. The molecule has 9 nitrogen and oxygen atoms in total. The number of fused-ring (bicyclic) bond motifs is 1. The molecule has 29 heavy (non-hydrogen) atoms. The minimum Gasteiger partial charge on any atom is -0.461 e. The van der Waals surface area contributed by atoms with Crippen LogP contribution in [0.3, 0.4) is 0 Å². The van der Waals surface area contributed by atoms with Gasteiger partial charge in [-0.3, -0.25) is 14.8 Å². The zero-order valence-corrected chi connectivity index (χ0v) is 16.0. The quantitative estimate of drug-likeness (QED) is 0.549. The molecular formula is C20H22N8O. The number of anilines is 1. The molecule has 5 heterocycles. The number of hydrogen-bond acceptors (Lipinski definition) is 8. The molecule has 2 N–H and O–H groups in total. The third kappa shape index (κ3) is 3.69. The van der Waals surface area contributed by atoms with Crippen LogP contribution in [-0.2, 0) is 13.1 Å². The van der Waals surface area contributed by atoms with Crippen molar-refractivity contribution < 1.29 is 4.42 Å². The van der Waals surface area contributed by atoms with Gasteiger partial charge in [0.2, 0.25) is 11.8 Å². The summed E-state index contributed by atoms with van der Waals surface area (Å²) in [7, 11) is 0. The van der Waals surface area contributed by atoms with Crippen LogP contribution in [0.5, 0.6) is 0 Å². The lowest BCUT2D eigenvalue weighted by molar-refractivity contribution is 0.121. The Kier molecular flexibility index (Phi) is 4.66. The highest BCUT2D eigenvalue weighted by molar-refractivity contribution is 5.57. The summed E-state index contributed by atoms with van der Waals surface area (Å²) in [6.07, 6.45) is 5.25. The van der Waals surface area contributed by atoms with Gasteiger partial charge in [-0.05, 0) is 24.3 Å². The number of nitrogen functional groups attached to an aromatic ring is 1. The van der Waals surface area contributed by atoms with Crippen LogP contribution in [0.4, 0.5) is 5.95 Å². The Bertz CT molecular complexity index is 1080. The molecule has 148 valence electrons. The molecule has 5 rings (SSSR count). The van der Waals surface area contributed by atoms with Crippen molar-refractivity contribution in [3.8, 4) is 11.6 Å². The van der Waals surface area contributed by atoms with E-state index in [0.29, 0.717) is 17.5 Å². The number of nitrogens with zero attached hydrogens (tertiary/aromatic N) is 7. The summed E-state index contributed by atoms with van der Waals surface area (Å²) >= 11 is 0. The molecule has 0 atom stereocenters. The predicted octanol–water partition coefficient (Wildman–Crippen LogP) is 1.68. The van der Waals surface area contributed by atoms with Gasteiger partial charge in [0.1, 0.15) is 0 Å². The van der Waals surface area contributed by atoms with Crippen molar-refractivity contribution in [2.75, 3.05) is 31.9 Å². The minimum atomic E-state index is 0.314. The molecule has 0 bridgehead atoms. The van der Waals surface area contributed by atoms with E-state index in [1.807, 2.05) is 30.5 Å². The molecule has 0 aliphatic carbocycles. The topological polar surface area (TPSA) is 102 Å². The third-order valence-electron chi connectivity index (χ3n) is 5.18. The van der Waals surface area contributed by atoms with Gasteiger partial charge < -0.3 is 10.2 Å². The zero-order chi connectivity index (χ0) is 19.6. The Labute approximate surface area is 167 Å². The van der Waals surface area contributed by atoms with Crippen LogP contribution in [0.2, 0.25) is 0 Å². The average molecular weight is 390 g/mol. The van der Waals surface area contributed by atoms with Crippen LogP contribution in [0, 0.1) is 0 Å². The van der Waals surface area contributed by atoms with Crippen LogP contribution < -0.4 is 5.73 Å². The minimum absolute atomic E-state index is 0.314. The molecule has 0 amide bonds. The summed E-state index contributed by atoms with van der Waals surface area (Å²) in [6.45, 7) is 5.59. The first-order valence-corrected chi connectivity index (χ1v) is 9.65. The Morgan fingerprint density at radius 2 is 1.79 bits per heavy atom. The first kappa shape index (κ1) is 17.8. The fourth-order valence-electron chi connectivity index (χ4n) is 3.63. The number of hydrogen-bond donors (Lipinski definition) is 1. The zero-order valence-electron chi connectivity index (χ0n) is 16.0. The Balaban J connectivity index is 1.29. The Hall–Kier alpha value is -3.30. The van der Waals surface area contributed by atoms with Gasteiger partial charge in [-0.1, -0.05) is 6.07 Å². The molecule has 0 saturated carbocycles. The summed E-state index contributed by atoms with van der Waals surface area (Å²) in [5.74, 6) is 1.44. The number of piperazine rings is 1. The molecule has 0 aromatic carbocycles. The second kappa shape index (κ2) is 7.61. The van der Waals surface area contributed by atoms with Crippen molar-refractivity contribution >= 4 is 11.6 Å². The number of rotatable bonds is 5. The number of pyridine rings is 1. The summed E-state index contributed by atoms with van der Waals surface area (Å²) in [4.78, 5) is 18.2. The molecular weight excluding hydrogens is 368 g/mol. The van der Waals surface area contributed by atoms with Gasteiger partial charge in [0.25, 0.3) is 0 Å². The number of furan rings is 1. The summed E-state index contributed by atoms with van der Waals surface area (Å²) in [5.41, 5.74) is 8.84. The van der Waals surface area contributed by atoms with Crippen molar-refractivity contribution in [3.63, 3.8) is 0 Å². The van der Waals surface area contributed by atoms with E-state index in [1.165, 1.54) is 0 Å². The van der Waals surface area contributed by atoms with Gasteiger partial charge in [0.15, 0.2) is 11.4 Å². The predicted molar refractivity (Wildman–Crippen MR) is 108 cm³/mol. The maximum Gasteiger partial charge on any atom is 0.223 e. The van der Waals surface area contributed by atoms with Crippen molar-refractivity contribution in [1.29, 1.82) is 0 Å². The smallest absolute Gasteiger partial charge is 0.223 e. The SMILES string of the molecule is Nc1ncc(CN2CCN(Cc3ccccn3)CC2)c2nc(-c3ccco3)nn12. The van der Waals surface area contributed by atoms with Gasteiger partial charge in [0.05, 0.1) is 12.0 Å². The first-order valence-electron chi connectivity index (χ1n) is 9.65. The van der Waals surface area contributed by atoms with E-state index in [9.17, 15) is 0 Å². The monoisotopic (exact) mass is 390 g/mol. The lowest BCUT2D eigenvalue weighted by Crippen LogP contribution is -2.45. The number of aromatic nitrogens is 5. The van der Waals surface area contributed by atoms with Gasteiger partial charge in [-0.25, -0.2) is 9.97 Å². The second-order valence-electron chi connectivity index (χ2n) is 7.16. The standard InChI is InChI=1S/C20H22N8O/c21-20-23-12-15(19-24-18(25-28(19)20)17-5-3-11-29-17)13-26-7-9-27(10-8-26)14-16-4-1-2-6-22-16/h1-6,11-12H,7-10,13-14H2,(H2,21,23). The van der Waals surface area contributed by atoms with Crippen LogP contribution in [-0.4, -0.2) is 60.5 Å². The highest BCUT2D eigenvalue weighted by Crippen LogP contribution is 2.21. The van der Waals surface area contributed by atoms with Gasteiger partial charge in [0, 0.05) is 57.2 Å². The summed E-state index contributed by atoms with van der Waals surface area (Å²) in [6, 6.07) is 9.70. The molecule has 4 aromatic rings. The Morgan fingerprint density at radius 1 is 0.966 bits per heavy atom. The fourth-order valence-corrected chi connectivity index (χ4v) is 3.63. The first-order chi connectivity index (χ1) is 14.3. The maximum absolute atomic E-state index is 6.01. The number of nitrogens with two attached hydrogens (primary N) is 1. The normalized spacial score (nSPS) is 15.9. The highest BCUT2D eigenvalue weighted by atomic mass is 16.3. The van der Waals surface area contributed by atoms with Crippen LogP contribution >= 0.6 is 0 Å². The lowest BCUT2D eigenvalue weighted by atomic mass is 10.2.